The highest BCUT2D eigenvalue weighted by molar-refractivity contribution is 5.75. The van der Waals surface area contributed by atoms with Gasteiger partial charge in [-0.25, -0.2) is 4.98 Å². The molecule has 1 saturated carbocycles. The molecule has 0 bridgehead atoms. The van der Waals surface area contributed by atoms with E-state index in [4.69, 9.17) is 0 Å². The van der Waals surface area contributed by atoms with Crippen LogP contribution in [0.25, 0.3) is 11.0 Å². The summed E-state index contributed by atoms with van der Waals surface area (Å²) in [5.41, 5.74) is 0.910. The second-order valence-electron chi connectivity index (χ2n) is 6.40. The molecule has 1 fully saturated rings. The van der Waals surface area contributed by atoms with E-state index in [0.717, 1.165) is 18.2 Å². The fourth-order valence-electron chi connectivity index (χ4n) is 2.74. The minimum absolute atomic E-state index is 0.118. The molecule has 140 valence electrons. The highest BCUT2D eigenvalue weighted by atomic mass is 19.4. The Labute approximate surface area is 151 Å². The molecule has 2 aromatic heterocycles. The van der Waals surface area contributed by atoms with Gasteiger partial charge in [-0.2, -0.15) is 4.98 Å². The molecule has 4 rings (SSSR count). The van der Waals surface area contributed by atoms with Crippen LogP contribution >= 0.6 is 0 Å². The number of rotatable bonds is 5. The van der Waals surface area contributed by atoms with E-state index in [1.165, 1.54) is 30.3 Å². The summed E-state index contributed by atoms with van der Waals surface area (Å²) in [6, 6.07) is 8.42. The zero-order valence-electron chi connectivity index (χ0n) is 14.0. The molecule has 0 saturated heterocycles. The molecule has 1 aliphatic carbocycles. The summed E-state index contributed by atoms with van der Waals surface area (Å²) >= 11 is 0. The average molecular weight is 376 g/mol. The quantitative estimate of drug-likeness (QED) is 0.733. The van der Waals surface area contributed by atoms with Crippen molar-refractivity contribution < 1.29 is 17.9 Å². The van der Waals surface area contributed by atoms with Crippen LogP contribution in [0.3, 0.4) is 0 Å². The molecule has 9 heteroatoms. The Morgan fingerprint density at radius 1 is 1.15 bits per heavy atom. The lowest BCUT2D eigenvalue weighted by molar-refractivity contribution is -0.274. The fraction of sp³-hybridized carbons (Fsp3) is 0.278. The third-order valence-corrected chi connectivity index (χ3v) is 4.20. The number of alkyl halides is 3. The molecule has 0 spiro atoms. The van der Waals surface area contributed by atoms with Crippen LogP contribution in [0.4, 0.5) is 24.8 Å². The molecule has 0 aliphatic heterocycles. The summed E-state index contributed by atoms with van der Waals surface area (Å²) in [5, 5.41) is 3.67. The second kappa shape index (κ2) is 6.57. The van der Waals surface area contributed by atoms with Crippen molar-refractivity contribution in [3.8, 4) is 5.75 Å². The molecular formula is C18H15F3N4O2. The maximum absolute atomic E-state index is 12.2. The van der Waals surface area contributed by atoms with E-state index in [2.05, 4.69) is 20.0 Å². The number of nitrogens with zero attached hydrogens (tertiary/aromatic N) is 3. The van der Waals surface area contributed by atoms with Gasteiger partial charge in [0, 0.05) is 29.9 Å². The SMILES string of the molecule is O=c1ccc2cnc(Nc3ccc(OC(F)(F)F)cc3)nc2n1CC1CC1. The average Bonchev–Trinajstić information content (AvgIpc) is 3.42. The van der Waals surface area contributed by atoms with Gasteiger partial charge in [-0.05, 0) is 49.1 Å². The number of ether oxygens (including phenoxy) is 1. The van der Waals surface area contributed by atoms with E-state index in [9.17, 15) is 18.0 Å². The Morgan fingerprint density at radius 2 is 1.89 bits per heavy atom. The van der Waals surface area contributed by atoms with Crippen molar-refractivity contribution in [3.63, 3.8) is 0 Å². The number of halogens is 3. The van der Waals surface area contributed by atoms with Crippen LogP contribution in [0.1, 0.15) is 12.8 Å². The minimum atomic E-state index is -4.73. The molecule has 27 heavy (non-hydrogen) atoms. The standard InChI is InChI=1S/C18H15F3N4O2/c19-18(20,21)27-14-6-4-13(5-7-14)23-17-22-9-12-3-8-15(26)25(16(12)24-17)10-11-1-2-11/h3-9,11H,1-2,10H2,(H,22,23,24). The maximum Gasteiger partial charge on any atom is 0.573 e. The monoisotopic (exact) mass is 376 g/mol. The van der Waals surface area contributed by atoms with Crippen LogP contribution in [0.15, 0.2) is 47.4 Å². The van der Waals surface area contributed by atoms with Crippen LogP contribution in [0.2, 0.25) is 0 Å². The molecule has 2 heterocycles. The first-order chi connectivity index (χ1) is 12.9. The smallest absolute Gasteiger partial charge is 0.406 e. The van der Waals surface area contributed by atoms with Crippen molar-refractivity contribution in [1.82, 2.24) is 14.5 Å². The van der Waals surface area contributed by atoms with E-state index >= 15 is 0 Å². The van der Waals surface area contributed by atoms with Crippen molar-refractivity contribution in [2.24, 2.45) is 5.92 Å². The van der Waals surface area contributed by atoms with Crippen LogP contribution < -0.4 is 15.6 Å². The summed E-state index contributed by atoms with van der Waals surface area (Å²) < 4.78 is 42.1. The van der Waals surface area contributed by atoms with Crippen molar-refractivity contribution in [2.75, 3.05) is 5.32 Å². The third kappa shape index (κ3) is 4.18. The molecule has 1 aromatic carbocycles. The van der Waals surface area contributed by atoms with Crippen molar-refractivity contribution >= 4 is 22.7 Å². The topological polar surface area (TPSA) is 69.0 Å². The lowest BCUT2D eigenvalue weighted by Crippen LogP contribution is -2.21. The number of anilines is 2. The number of pyridine rings is 1. The van der Waals surface area contributed by atoms with Gasteiger partial charge in [-0.3, -0.25) is 9.36 Å². The van der Waals surface area contributed by atoms with Gasteiger partial charge in [-0.15, -0.1) is 13.2 Å². The maximum atomic E-state index is 12.2. The highest BCUT2D eigenvalue weighted by Gasteiger charge is 2.31. The number of aromatic nitrogens is 3. The van der Waals surface area contributed by atoms with Gasteiger partial charge in [0.15, 0.2) is 0 Å². The summed E-state index contributed by atoms with van der Waals surface area (Å²) in [6.07, 6.45) is -0.924. The first kappa shape index (κ1) is 17.3. The summed E-state index contributed by atoms with van der Waals surface area (Å²) in [4.78, 5) is 20.8. The Kier molecular flexibility index (Phi) is 4.21. The lowest BCUT2D eigenvalue weighted by atomic mass is 10.3. The van der Waals surface area contributed by atoms with Gasteiger partial charge in [-0.1, -0.05) is 0 Å². The number of hydrogen-bond donors (Lipinski definition) is 1. The molecule has 3 aromatic rings. The lowest BCUT2D eigenvalue weighted by Gasteiger charge is -2.11. The fourth-order valence-corrected chi connectivity index (χ4v) is 2.74. The van der Waals surface area contributed by atoms with E-state index in [1.807, 2.05) is 0 Å². The second-order valence-corrected chi connectivity index (χ2v) is 6.40. The van der Waals surface area contributed by atoms with Gasteiger partial charge in [0.25, 0.3) is 5.56 Å². The number of fused-ring (bicyclic) bond motifs is 1. The van der Waals surface area contributed by atoms with Gasteiger partial charge in [0.1, 0.15) is 11.4 Å². The Hall–Kier alpha value is -3.10. The normalized spacial score (nSPS) is 14.3. The molecule has 1 aliphatic rings. The highest BCUT2D eigenvalue weighted by Crippen LogP contribution is 2.31. The molecule has 0 radical (unpaired) electrons. The zero-order valence-corrected chi connectivity index (χ0v) is 14.0. The molecule has 0 atom stereocenters. The number of nitrogens with one attached hydrogen (secondary N) is 1. The number of hydrogen-bond acceptors (Lipinski definition) is 5. The number of benzene rings is 1. The summed E-state index contributed by atoms with van der Waals surface area (Å²) in [5.74, 6) is 0.439. The van der Waals surface area contributed by atoms with Crippen LogP contribution in [0.5, 0.6) is 5.75 Å². The first-order valence-electron chi connectivity index (χ1n) is 8.37. The van der Waals surface area contributed by atoms with Gasteiger partial charge in [0.2, 0.25) is 5.95 Å². The Balaban J connectivity index is 1.59. The Morgan fingerprint density at radius 3 is 2.56 bits per heavy atom. The molecule has 0 unspecified atom stereocenters. The van der Waals surface area contributed by atoms with Crippen LogP contribution in [0, 0.1) is 5.92 Å². The predicted molar refractivity (Wildman–Crippen MR) is 92.9 cm³/mol. The van der Waals surface area contributed by atoms with E-state index in [1.54, 1.807) is 16.8 Å². The first-order valence-corrected chi connectivity index (χ1v) is 8.37. The van der Waals surface area contributed by atoms with E-state index in [-0.39, 0.29) is 17.3 Å². The molecular weight excluding hydrogens is 361 g/mol. The largest absolute Gasteiger partial charge is 0.573 e. The molecule has 0 amide bonds. The minimum Gasteiger partial charge on any atom is -0.406 e. The Bertz CT molecular complexity index is 1030. The predicted octanol–water partition coefficient (Wildman–Crippen LogP) is 3.84. The van der Waals surface area contributed by atoms with Gasteiger partial charge in [0.05, 0.1) is 0 Å². The van der Waals surface area contributed by atoms with Gasteiger partial charge >= 0.3 is 6.36 Å². The van der Waals surface area contributed by atoms with Crippen LogP contribution in [-0.4, -0.2) is 20.9 Å². The van der Waals surface area contributed by atoms with Crippen LogP contribution in [-0.2, 0) is 6.54 Å². The summed E-state index contributed by atoms with van der Waals surface area (Å²) in [6.45, 7) is 0.621. The van der Waals surface area contributed by atoms with Crippen molar-refractivity contribution in [1.29, 1.82) is 0 Å². The summed E-state index contributed by atoms with van der Waals surface area (Å²) in [7, 11) is 0. The van der Waals surface area contributed by atoms with Crippen molar-refractivity contribution in [2.45, 2.75) is 25.7 Å². The molecule has 6 nitrogen and oxygen atoms in total. The van der Waals surface area contributed by atoms with Crippen molar-refractivity contribution in [3.05, 3.63) is 52.9 Å². The van der Waals surface area contributed by atoms with E-state index in [0.29, 0.717) is 23.8 Å². The van der Waals surface area contributed by atoms with Gasteiger partial charge < -0.3 is 10.1 Å². The molecule has 1 N–H and O–H groups in total. The zero-order chi connectivity index (χ0) is 19.0. The van der Waals surface area contributed by atoms with E-state index < -0.39 is 6.36 Å². The third-order valence-electron chi connectivity index (χ3n) is 4.20.